The largest absolute Gasteiger partial charge is 0.493 e. The van der Waals surface area contributed by atoms with Crippen LogP contribution in [0.1, 0.15) is 11.1 Å². The minimum atomic E-state index is -0.555. The Kier molecular flexibility index (Phi) is 6.85. The van der Waals surface area contributed by atoms with Gasteiger partial charge in [-0.05, 0) is 76.7 Å². The van der Waals surface area contributed by atoms with E-state index in [1.165, 1.54) is 13.2 Å². The summed E-state index contributed by atoms with van der Waals surface area (Å²) in [7, 11) is 1.49. The van der Waals surface area contributed by atoms with Crippen LogP contribution in [0.4, 0.5) is 14.9 Å². The Morgan fingerprint density at radius 3 is 2.55 bits per heavy atom. The van der Waals surface area contributed by atoms with Crippen LogP contribution in [0.2, 0.25) is 5.02 Å². The highest BCUT2D eigenvalue weighted by Gasteiger charge is 2.34. The number of ether oxygens (including phenoxy) is 2. The van der Waals surface area contributed by atoms with Gasteiger partial charge in [-0.25, -0.2) is 14.1 Å². The summed E-state index contributed by atoms with van der Waals surface area (Å²) in [6.45, 7) is 0.0318. The molecular formula is C24H17ClFIN2O4. The fourth-order valence-electron chi connectivity index (χ4n) is 3.25. The van der Waals surface area contributed by atoms with Crippen molar-refractivity contribution >= 4 is 57.9 Å². The molecule has 0 radical (unpaired) electrons. The molecule has 3 amide bonds. The Balaban J connectivity index is 1.58. The number of nitrogens with one attached hydrogen (secondary N) is 1. The molecule has 33 heavy (non-hydrogen) atoms. The van der Waals surface area contributed by atoms with Crippen LogP contribution in [-0.2, 0) is 11.4 Å². The van der Waals surface area contributed by atoms with Crippen LogP contribution in [-0.4, -0.2) is 19.0 Å². The summed E-state index contributed by atoms with van der Waals surface area (Å²) in [5.74, 6) is 0.0224. The lowest BCUT2D eigenvalue weighted by Gasteiger charge is -2.14. The first-order valence-corrected chi connectivity index (χ1v) is 11.2. The van der Waals surface area contributed by atoms with Crippen molar-refractivity contribution in [1.29, 1.82) is 0 Å². The molecule has 1 aliphatic heterocycles. The average molecular weight is 579 g/mol. The van der Waals surface area contributed by atoms with Crippen LogP contribution in [0, 0.1) is 9.39 Å². The molecule has 0 aliphatic carbocycles. The third-order valence-corrected chi connectivity index (χ3v) is 5.91. The van der Waals surface area contributed by atoms with Crippen molar-refractivity contribution in [1.82, 2.24) is 5.32 Å². The van der Waals surface area contributed by atoms with Crippen LogP contribution < -0.4 is 19.7 Å². The Labute approximate surface area is 208 Å². The molecule has 0 saturated carbocycles. The third-order valence-electron chi connectivity index (χ3n) is 4.86. The van der Waals surface area contributed by atoms with Gasteiger partial charge in [-0.2, -0.15) is 0 Å². The van der Waals surface area contributed by atoms with E-state index in [2.05, 4.69) is 27.9 Å². The minimum Gasteiger partial charge on any atom is -0.493 e. The number of halogens is 3. The second-order valence-electron chi connectivity index (χ2n) is 7.02. The van der Waals surface area contributed by atoms with Gasteiger partial charge in [-0.15, -0.1) is 0 Å². The van der Waals surface area contributed by atoms with E-state index in [0.717, 1.165) is 4.90 Å². The third kappa shape index (κ3) is 4.96. The van der Waals surface area contributed by atoms with Crippen LogP contribution in [0.15, 0.2) is 66.4 Å². The van der Waals surface area contributed by atoms with Crippen LogP contribution in [0.25, 0.3) is 6.08 Å². The summed E-state index contributed by atoms with van der Waals surface area (Å²) in [4.78, 5) is 26.3. The lowest BCUT2D eigenvalue weighted by molar-refractivity contribution is -0.113. The van der Waals surface area contributed by atoms with Gasteiger partial charge in [0.15, 0.2) is 11.5 Å². The van der Waals surface area contributed by atoms with Gasteiger partial charge in [0.2, 0.25) is 0 Å². The van der Waals surface area contributed by atoms with Crippen LogP contribution in [0.5, 0.6) is 11.5 Å². The number of carbonyl (C=O) groups excluding carboxylic acids is 2. The lowest BCUT2D eigenvalue weighted by Crippen LogP contribution is -2.30. The van der Waals surface area contributed by atoms with Crippen molar-refractivity contribution in [3.8, 4) is 11.5 Å². The van der Waals surface area contributed by atoms with E-state index in [-0.39, 0.29) is 18.1 Å². The van der Waals surface area contributed by atoms with E-state index >= 15 is 0 Å². The first kappa shape index (κ1) is 23.1. The van der Waals surface area contributed by atoms with Gasteiger partial charge in [0.1, 0.15) is 18.1 Å². The molecule has 0 atom stereocenters. The summed E-state index contributed by atoms with van der Waals surface area (Å²) in [5.41, 5.74) is 1.57. The van der Waals surface area contributed by atoms with Crippen molar-refractivity contribution in [2.45, 2.75) is 6.61 Å². The standard InChI is InChI=1S/C24H17ClFIN2O4/c1-32-21-12-14(10-19(27)22(21)33-13-15-4-2-3-5-18(15)26)11-20-23(30)29(24(31)28-20)17-8-6-16(25)7-9-17/h2-12H,13H2,1H3,(H,28,31)/b20-11+. The van der Waals surface area contributed by atoms with Gasteiger partial charge in [0.05, 0.1) is 16.4 Å². The van der Waals surface area contributed by atoms with Crippen molar-refractivity contribution in [2.24, 2.45) is 0 Å². The molecule has 168 valence electrons. The number of rotatable bonds is 6. The van der Waals surface area contributed by atoms with Crippen molar-refractivity contribution in [3.05, 3.63) is 91.9 Å². The lowest BCUT2D eigenvalue weighted by atomic mass is 10.1. The summed E-state index contributed by atoms with van der Waals surface area (Å²) in [5, 5.41) is 3.09. The number of carbonyl (C=O) groups is 2. The number of hydrogen-bond donors (Lipinski definition) is 1. The van der Waals surface area contributed by atoms with Crippen LogP contribution >= 0.6 is 34.2 Å². The fourth-order valence-corrected chi connectivity index (χ4v) is 4.16. The molecular weight excluding hydrogens is 562 g/mol. The molecule has 3 aromatic rings. The zero-order chi connectivity index (χ0) is 23.5. The molecule has 6 nitrogen and oxygen atoms in total. The number of anilines is 1. The molecule has 0 spiro atoms. The van der Waals surface area contributed by atoms with Crippen LogP contribution in [0.3, 0.4) is 0 Å². The minimum absolute atomic E-state index is 0.0318. The number of hydrogen-bond acceptors (Lipinski definition) is 4. The van der Waals surface area contributed by atoms with E-state index < -0.39 is 11.9 Å². The molecule has 0 bridgehead atoms. The highest BCUT2D eigenvalue weighted by Crippen LogP contribution is 2.35. The monoisotopic (exact) mass is 578 g/mol. The first-order chi connectivity index (χ1) is 15.9. The summed E-state index contributed by atoms with van der Waals surface area (Å²) in [6, 6.07) is 15.7. The molecule has 1 heterocycles. The topological polar surface area (TPSA) is 67.9 Å². The molecule has 1 N–H and O–H groups in total. The predicted octanol–water partition coefficient (Wildman–Crippen LogP) is 5.77. The maximum absolute atomic E-state index is 13.9. The zero-order valence-corrected chi connectivity index (χ0v) is 20.2. The van der Waals surface area contributed by atoms with Crippen molar-refractivity contribution < 1.29 is 23.5 Å². The number of imide groups is 1. The summed E-state index contributed by atoms with van der Waals surface area (Å²) < 4.78 is 25.9. The summed E-state index contributed by atoms with van der Waals surface area (Å²) in [6.07, 6.45) is 1.56. The smallest absolute Gasteiger partial charge is 0.333 e. The fraction of sp³-hybridized carbons (Fsp3) is 0.0833. The maximum Gasteiger partial charge on any atom is 0.333 e. The molecule has 0 aromatic heterocycles. The Hall–Kier alpha value is -3.11. The molecule has 1 aliphatic rings. The second-order valence-corrected chi connectivity index (χ2v) is 8.62. The number of amides is 3. The molecule has 1 fully saturated rings. The highest BCUT2D eigenvalue weighted by atomic mass is 127. The van der Waals surface area contributed by atoms with Gasteiger partial charge in [0.25, 0.3) is 5.91 Å². The first-order valence-electron chi connectivity index (χ1n) is 9.74. The predicted molar refractivity (Wildman–Crippen MR) is 132 cm³/mol. The molecule has 0 unspecified atom stereocenters. The van der Waals surface area contributed by atoms with Crippen molar-refractivity contribution in [3.63, 3.8) is 0 Å². The zero-order valence-electron chi connectivity index (χ0n) is 17.3. The van der Waals surface area contributed by atoms with E-state index in [0.29, 0.717) is 36.9 Å². The van der Waals surface area contributed by atoms with Gasteiger partial charge in [-0.1, -0.05) is 29.8 Å². The molecule has 1 saturated heterocycles. The van der Waals surface area contributed by atoms with Gasteiger partial charge in [0, 0.05) is 10.6 Å². The van der Waals surface area contributed by atoms with E-state index in [4.69, 9.17) is 21.1 Å². The van der Waals surface area contributed by atoms with Crippen molar-refractivity contribution in [2.75, 3.05) is 12.0 Å². The highest BCUT2D eigenvalue weighted by molar-refractivity contribution is 14.1. The second kappa shape index (κ2) is 9.80. The molecule has 9 heteroatoms. The van der Waals surface area contributed by atoms with Gasteiger partial charge >= 0.3 is 6.03 Å². The Morgan fingerprint density at radius 2 is 1.85 bits per heavy atom. The molecule has 3 aromatic carbocycles. The molecule has 4 rings (SSSR count). The van der Waals surface area contributed by atoms with E-state index in [9.17, 15) is 14.0 Å². The van der Waals surface area contributed by atoms with Gasteiger partial charge in [-0.3, -0.25) is 4.79 Å². The number of benzene rings is 3. The quantitative estimate of drug-likeness (QED) is 0.229. The average Bonchev–Trinajstić information content (AvgIpc) is 3.07. The summed E-state index contributed by atoms with van der Waals surface area (Å²) >= 11 is 7.97. The Morgan fingerprint density at radius 1 is 1.12 bits per heavy atom. The maximum atomic E-state index is 13.9. The Bertz CT molecular complexity index is 1260. The SMILES string of the molecule is COc1cc(/C=C2/NC(=O)N(c3ccc(Cl)cc3)C2=O)cc(I)c1OCc1ccccc1F. The normalized spacial score (nSPS) is 14.5. The number of urea groups is 1. The number of methoxy groups -OCH3 is 1. The van der Waals surface area contributed by atoms with E-state index in [1.807, 2.05) is 0 Å². The van der Waals surface area contributed by atoms with E-state index in [1.54, 1.807) is 60.7 Å². The van der Waals surface area contributed by atoms with Gasteiger partial charge < -0.3 is 14.8 Å². The number of nitrogens with zero attached hydrogens (tertiary/aromatic N) is 1.